The van der Waals surface area contributed by atoms with Gasteiger partial charge in [-0.15, -0.1) is 22.7 Å². The van der Waals surface area contributed by atoms with Gasteiger partial charge < -0.3 is 20.6 Å². The Morgan fingerprint density at radius 2 is 1.57 bits per heavy atom. The molecule has 0 saturated carbocycles. The molecular weight excluding hydrogens is 482 g/mol. The average molecular weight is 514 g/mol. The fourth-order valence-corrected chi connectivity index (χ4v) is 5.16. The Bertz CT molecular complexity index is 1050. The summed E-state index contributed by atoms with van der Waals surface area (Å²) < 4.78 is 0. The van der Waals surface area contributed by atoms with Crippen LogP contribution in [0, 0.1) is 0 Å². The van der Waals surface area contributed by atoms with E-state index in [1.807, 2.05) is 41.9 Å². The van der Waals surface area contributed by atoms with Crippen LogP contribution in [0.4, 0.5) is 4.79 Å². The molecule has 0 saturated heterocycles. The molecule has 1 aromatic carbocycles. The average Bonchev–Trinajstić information content (AvgIpc) is 3.56. The predicted octanol–water partition coefficient (Wildman–Crippen LogP) is 5.20. The van der Waals surface area contributed by atoms with Crippen LogP contribution in [-0.4, -0.2) is 34.0 Å². The summed E-state index contributed by atoms with van der Waals surface area (Å²) >= 11 is 3.16. The Hall–Kier alpha value is -3.17. The summed E-state index contributed by atoms with van der Waals surface area (Å²) in [4.78, 5) is 42.7. The first-order valence-corrected chi connectivity index (χ1v) is 13.3. The van der Waals surface area contributed by atoms with Crippen LogP contribution in [0.5, 0.6) is 0 Å². The second-order valence-electron chi connectivity index (χ2n) is 8.44. The highest BCUT2D eigenvalue weighted by Crippen LogP contribution is 2.22. The number of amides is 3. The molecular formula is C26H31N3O4S2. The largest absolute Gasteiger partial charge is 0.479 e. The molecule has 0 fully saturated rings. The number of rotatable bonds is 12. The van der Waals surface area contributed by atoms with Gasteiger partial charge in [-0.3, -0.25) is 4.79 Å². The Labute approximate surface area is 213 Å². The van der Waals surface area contributed by atoms with Gasteiger partial charge >= 0.3 is 12.0 Å². The number of aliphatic carboxylic acids is 1. The maximum atomic E-state index is 13.7. The lowest BCUT2D eigenvalue weighted by Gasteiger charge is -2.30. The van der Waals surface area contributed by atoms with Gasteiger partial charge in [0.15, 0.2) is 5.54 Å². The van der Waals surface area contributed by atoms with Crippen LogP contribution in [0.3, 0.4) is 0 Å². The van der Waals surface area contributed by atoms with E-state index in [1.165, 1.54) is 6.92 Å². The van der Waals surface area contributed by atoms with Crippen molar-refractivity contribution in [2.75, 3.05) is 0 Å². The van der Waals surface area contributed by atoms with Crippen LogP contribution >= 0.6 is 22.7 Å². The van der Waals surface area contributed by atoms with Crippen molar-refractivity contribution in [2.24, 2.45) is 0 Å². The first-order chi connectivity index (χ1) is 16.8. The van der Waals surface area contributed by atoms with Gasteiger partial charge in [0, 0.05) is 9.75 Å². The zero-order valence-corrected chi connectivity index (χ0v) is 21.5. The van der Waals surface area contributed by atoms with Crippen LogP contribution in [-0.2, 0) is 28.2 Å². The normalized spacial score (nSPS) is 13.4. The van der Waals surface area contributed by atoms with E-state index in [2.05, 4.69) is 10.6 Å². The van der Waals surface area contributed by atoms with E-state index in [0.29, 0.717) is 25.1 Å². The number of thiophene rings is 2. The first kappa shape index (κ1) is 26.4. The number of carboxylic acids is 1. The molecule has 3 rings (SSSR count). The lowest BCUT2D eigenvalue weighted by atomic mass is 9.92. The molecule has 35 heavy (non-hydrogen) atoms. The Morgan fingerprint density at radius 3 is 2.06 bits per heavy atom. The molecule has 3 N–H and O–H groups in total. The molecule has 0 aliphatic rings. The van der Waals surface area contributed by atoms with Crippen LogP contribution in [0.25, 0.3) is 0 Å². The lowest BCUT2D eigenvalue weighted by Crippen LogP contribution is -2.57. The number of hydrogen-bond acceptors (Lipinski definition) is 5. The van der Waals surface area contributed by atoms with Crippen molar-refractivity contribution in [1.29, 1.82) is 0 Å². The van der Waals surface area contributed by atoms with Crippen molar-refractivity contribution < 1.29 is 19.5 Å². The lowest BCUT2D eigenvalue weighted by molar-refractivity contribution is -0.144. The number of nitrogens with zero attached hydrogens (tertiary/aromatic N) is 1. The Balaban J connectivity index is 1.79. The molecule has 0 bridgehead atoms. The van der Waals surface area contributed by atoms with E-state index in [0.717, 1.165) is 22.6 Å². The summed E-state index contributed by atoms with van der Waals surface area (Å²) in [6, 6.07) is 14.9. The van der Waals surface area contributed by atoms with E-state index in [-0.39, 0.29) is 5.91 Å². The SMILES string of the molecule is CCCC[C@H](NC(=O)N[C@@](C)(C(=O)O)c1ccccc1)C(=O)N(Cc1cccs1)Cc1cccs1. The smallest absolute Gasteiger partial charge is 0.333 e. The molecule has 186 valence electrons. The third kappa shape index (κ3) is 7.16. The van der Waals surface area contributed by atoms with Crippen molar-refractivity contribution in [3.05, 3.63) is 80.7 Å². The quantitative estimate of drug-likeness (QED) is 0.310. The van der Waals surface area contributed by atoms with Crippen molar-refractivity contribution in [2.45, 2.75) is 57.8 Å². The zero-order valence-electron chi connectivity index (χ0n) is 19.9. The molecule has 0 spiro atoms. The van der Waals surface area contributed by atoms with Gasteiger partial charge in [-0.2, -0.15) is 0 Å². The van der Waals surface area contributed by atoms with Crippen molar-refractivity contribution in [3.63, 3.8) is 0 Å². The minimum Gasteiger partial charge on any atom is -0.479 e. The van der Waals surface area contributed by atoms with Crippen LogP contribution in [0.2, 0.25) is 0 Å². The maximum Gasteiger partial charge on any atom is 0.333 e. The molecule has 0 aliphatic heterocycles. The number of carboxylic acid groups (broad SMARTS) is 1. The minimum absolute atomic E-state index is 0.188. The van der Waals surface area contributed by atoms with Gasteiger partial charge in [-0.05, 0) is 41.8 Å². The van der Waals surface area contributed by atoms with E-state index in [4.69, 9.17) is 0 Å². The number of nitrogens with one attached hydrogen (secondary N) is 2. The van der Waals surface area contributed by atoms with Crippen molar-refractivity contribution >= 4 is 40.6 Å². The van der Waals surface area contributed by atoms with E-state index < -0.39 is 23.6 Å². The minimum atomic E-state index is -1.64. The second kappa shape index (κ2) is 12.5. The third-order valence-corrected chi connectivity index (χ3v) is 7.48. The van der Waals surface area contributed by atoms with Crippen molar-refractivity contribution in [1.82, 2.24) is 15.5 Å². The highest BCUT2D eigenvalue weighted by molar-refractivity contribution is 7.10. The molecule has 0 unspecified atom stereocenters. The highest BCUT2D eigenvalue weighted by Gasteiger charge is 2.38. The molecule has 2 aromatic heterocycles. The molecule has 2 atom stereocenters. The summed E-state index contributed by atoms with van der Waals surface area (Å²) in [6.45, 7) is 4.34. The van der Waals surface area contributed by atoms with E-state index in [9.17, 15) is 19.5 Å². The summed E-state index contributed by atoms with van der Waals surface area (Å²) in [6.07, 6.45) is 2.07. The van der Waals surface area contributed by atoms with Gasteiger partial charge in [0.2, 0.25) is 5.91 Å². The Morgan fingerprint density at radius 1 is 0.971 bits per heavy atom. The van der Waals surface area contributed by atoms with Gasteiger partial charge in [0.25, 0.3) is 0 Å². The summed E-state index contributed by atoms with van der Waals surface area (Å²) in [5.74, 6) is -1.38. The monoisotopic (exact) mass is 513 g/mol. The fraction of sp³-hybridized carbons (Fsp3) is 0.346. The van der Waals surface area contributed by atoms with Gasteiger partial charge in [-0.1, -0.05) is 62.2 Å². The molecule has 9 heteroatoms. The number of carbonyl (C=O) groups excluding carboxylic acids is 2. The van der Waals surface area contributed by atoms with Gasteiger partial charge in [0.1, 0.15) is 6.04 Å². The Kier molecular flexibility index (Phi) is 9.45. The number of urea groups is 1. The van der Waals surface area contributed by atoms with Crippen LogP contribution in [0.15, 0.2) is 65.4 Å². The van der Waals surface area contributed by atoms with Gasteiger partial charge in [-0.25, -0.2) is 9.59 Å². The summed E-state index contributed by atoms with van der Waals surface area (Å²) in [5, 5.41) is 19.2. The second-order valence-corrected chi connectivity index (χ2v) is 10.5. The van der Waals surface area contributed by atoms with E-state index >= 15 is 0 Å². The third-order valence-electron chi connectivity index (χ3n) is 5.76. The van der Waals surface area contributed by atoms with Crippen LogP contribution < -0.4 is 10.6 Å². The van der Waals surface area contributed by atoms with Gasteiger partial charge in [0.05, 0.1) is 13.1 Å². The van der Waals surface area contributed by atoms with Crippen LogP contribution in [0.1, 0.15) is 48.4 Å². The standard InChI is InChI=1S/C26H31N3O4S2/c1-3-4-14-22(27-25(33)28-26(2,24(31)32)19-10-6-5-7-11-19)23(30)29(17-20-12-8-15-34-20)18-21-13-9-16-35-21/h5-13,15-16,22H,3-4,14,17-18H2,1-2H3,(H,31,32)(H2,27,28,33)/t22-,26+/m0/s1. The molecule has 0 aliphatic carbocycles. The highest BCUT2D eigenvalue weighted by atomic mass is 32.1. The number of benzene rings is 1. The predicted molar refractivity (Wildman–Crippen MR) is 139 cm³/mol. The summed E-state index contributed by atoms with van der Waals surface area (Å²) in [7, 11) is 0. The molecule has 3 amide bonds. The number of carbonyl (C=O) groups is 3. The molecule has 0 radical (unpaired) electrons. The fourth-order valence-electron chi connectivity index (χ4n) is 3.72. The van der Waals surface area contributed by atoms with Crippen molar-refractivity contribution in [3.8, 4) is 0 Å². The first-order valence-electron chi connectivity index (χ1n) is 11.5. The zero-order chi connectivity index (χ0) is 25.3. The molecule has 7 nitrogen and oxygen atoms in total. The number of unbranched alkanes of at least 4 members (excludes halogenated alkanes) is 1. The maximum absolute atomic E-state index is 13.7. The molecule has 2 heterocycles. The number of hydrogen-bond donors (Lipinski definition) is 3. The molecule has 3 aromatic rings. The van der Waals surface area contributed by atoms with E-state index in [1.54, 1.807) is 57.9 Å². The topological polar surface area (TPSA) is 98.7 Å². The summed E-state index contributed by atoms with van der Waals surface area (Å²) in [5.41, 5.74) is -1.20.